The topological polar surface area (TPSA) is 649 Å². The van der Waals surface area contributed by atoms with Crippen molar-refractivity contribution in [3.05, 3.63) is 135 Å². The second-order valence-corrected chi connectivity index (χ2v) is 34.8. The van der Waals surface area contributed by atoms with Crippen molar-refractivity contribution in [2.24, 2.45) is 17.2 Å². The molecule has 4 aromatic carbocycles. The molecule has 0 saturated heterocycles. The van der Waals surface area contributed by atoms with Crippen molar-refractivity contribution in [1.29, 1.82) is 0 Å². The monoisotopic (exact) mass is 2140 g/mol. The van der Waals surface area contributed by atoms with Gasteiger partial charge in [0.25, 0.3) is 0 Å². The van der Waals surface area contributed by atoms with E-state index in [1.807, 2.05) is 0 Å². The zero-order valence-electron chi connectivity index (χ0n) is 76.2. The maximum absolute atomic E-state index is 15.0. The first-order valence-electron chi connectivity index (χ1n) is 43.1. The normalized spacial score (nSPS) is 10.7. The lowest BCUT2D eigenvalue weighted by atomic mass is 10.1. The minimum Gasteiger partial charge on any atom is -0.481 e. The minimum absolute atomic E-state index is 0. The summed E-state index contributed by atoms with van der Waals surface area (Å²) in [6.45, 7) is -13.3. The van der Waals surface area contributed by atoms with E-state index in [9.17, 15) is 126 Å². The van der Waals surface area contributed by atoms with E-state index in [2.05, 4.69) is 5.32 Å². The van der Waals surface area contributed by atoms with Crippen LogP contribution in [0, 0.1) is 0 Å². The second-order valence-electron chi connectivity index (χ2n) is 31.4. The second kappa shape index (κ2) is 65.9. The number of halogens is 8. The fourth-order valence-electron chi connectivity index (χ4n) is 12.9. The number of carboxylic acid groups (broad SMARTS) is 8. The number of likely N-dealkylation sites (N-methyl/N-ethyl adjacent to an activating group) is 1. The van der Waals surface area contributed by atoms with Gasteiger partial charge in [-0.25, -0.2) is 0 Å². The van der Waals surface area contributed by atoms with E-state index in [0.717, 1.165) is 25.2 Å². The molecule has 0 unspecified atom stereocenters. The number of carbonyl (C=O) groups excluding carboxylic acids is 13. The van der Waals surface area contributed by atoms with Gasteiger partial charge in [0.05, 0.1) is 136 Å². The van der Waals surface area contributed by atoms with Crippen molar-refractivity contribution >= 4 is 217 Å². The van der Waals surface area contributed by atoms with Crippen LogP contribution in [-0.4, -0.2) is 408 Å². The molecule has 53 heteroatoms. The minimum atomic E-state index is -1.45. The van der Waals surface area contributed by atoms with E-state index < -0.39 is 294 Å². The molecule has 15 N–H and O–H groups in total. The molecule has 778 valence electrons. The number of primary amides is 2. The number of benzene rings is 4. The molecule has 45 nitrogen and oxygen atoms in total. The maximum Gasteiger partial charge on any atom is 0.305 e. The third kappa shape index (κ3) is 51.3. The Morgan fingerprint density at radius 1 is 0.262 bits per heavy atom. The Hall–Kier alpha value is -12.1. The SMILES string of the molecule is C.CN(CCC(=O)O)CC(=O)N(CCC(=O)O)CC(=O)N(CCC(=O)O)CC(=O)N(CCC(=O)O)CC(=O)N(CCC(=O)O)CC(=O)N(CCC(=O)O)CC(N)=O.NCCCCN(CC(=O)N(CCC(=O)O)CC(=O)N(CCC(=O)O)CC(N)=O)C(=O)CN(CCc1ccc(Cl)cc1Cl)C(=O)CN(CCc1ccc(Cl)cc1Cl)C(=O)CN(CCc1ccc(Cl)cc1Cl)C(=O)CNCCc1ccc(Cl)cc1Cl. The average Bonchev–Trinajstić information content (AvgIpc) is 0.862. The van der Waals surface area contributed by atoms with Gasteiger partial charge in [0.2, 0.25) is 76.8 Å². The van der Waals surface area contributed by atoms with Crippen molar-refractivity contribution in [3.63, 3.8) is 0 Å². The summed E-state index contributed by atoms with van der Waals surface area (Å²) in [5, 5.41) is 79.7. The molecule has 0 aliphatic carbocycles. The summed E-state index contributed by atoms with van der Waals surface area (Å²) in [4.78, 5) is 278. The number of rotatable bonds is 66. The van der Waals surface area contributed by atoms with E-state index in [-0.39, 0.29) is 95.4 Å². The van der Waals surface area contributed by atoms with Crippen LogP contribution >= 0.6 is 92.8 Å². The summed E-state index contributed by atoms with van der Waals surface area (Å²) in [6.07, 6.45) is -3.62. The van der Waals surface area contributed by atoms with Gasteiger partial charge in [-0.05, 0) is 129 Å². The Morgan fingerprint density at radius 3 is 0.681 bits per heavy atom. The summed E-state index contributed by atoms with van der Waals surface area (Å²) < 4.78 is 0. The smallest absolute Gasteiger partial charge is 0.305 e. The van der Waals surface area contributed by atoms with Gasteiger partial charge in [0, 0.05) is 119 Å². The lowest BCUT2D eigenvalue weighted by Crippen LogP contribution is -2.53. The van der Waals surface area contributed by atoms with E-state index in [1.165, 1.54) is 38.8 Å². The zero-order chi connectivity index (χ0) is 105. The molecule has 0 fully saturated rings. The number of amides is 13. The largest absolute Gasteiger partial charge is 0.481 e. The number of nitrogens with two attached hydrogens (primary N) is 3. The van der Waals surface area contributed by atoms with E-state index >= 15 is 0 Å². The van der Waals surface area contributed by atoms with Crippen molar-refractivity contribution in [3.8, 4) is 0 Å². The van der Waals surface area contributed by atoms with Gasteiger partial charge in [-0.2, -0.15) is 0 Å². The third-order valence-electron chi connectivity index (χ3n) is 20.5. The number of nitrogens with zero attached hydrogens (tertiary/aromatic N) is 12. The highest BCUT2D eigenvalue weighted by atomic mass is 35.5. The molecular formula is C88H116Cl8N16O29. The maximum atomic E-state index is 15.0. The number of unbranched alkanes of at least 4 members (excludes halogenated alkanes) is 1. The van der Waals surface area contributed by atoms with Gasteiger partial charge in [0.1, 0.15) is 0 Å². The van der Waals surface area contributed by atoms with Gasteiger partial charge < -0.3 is 117 Å². The van der Waals surface area contributed by atoms with Crippen LogP contribution in [0.3, 0.4) is 0 Å². The van der Waals surface area contributed by atoms with Crippen LogP contribution in [0.2, 0.25) is 40.2 Å². The summed E-state index contributed by atoms with van der Waals surface area (Å²) in [5.74, 6) is -22.5. The van der Waals surface area contributed by atoms with Crippen molar-refractivity contribution in [2.75, 3.05) is 184 Å². The highest BCUT2D eigenvalue weighted by Gasteiger charge is 2.35. The first-order chi connectivity index (χ1) is 65.8. The zero-order valence-corrected chi connectivity index (χ0v) is 82.2. The Labute approximate surface area is 851 Å². The number of hydrogen-bond acceptors (Lipinski definition) is 24. The lowest BCUT2D eigenvalue weighted by Gasteiger charge is -2.32. The molecule has 0 aliphatic rings. The fraction of sp³-hybridized carbons (Fsp3) is 0.489. The quantitative estimate of drug-likeness (QED) is 0.0283. The summed E-state index contributed by atoms with van der Waals surface area (Å²) in [6, 6.07) is 19.5. The highest BCUT2D eigenvalue weighted by molar-refractivity contribution is 6.37. The number of carboxylic acids is 8. The number of carbonyl (C=O) groups is 21. The van der Waals surface area contributed by atoms with Gasteiger partial charge >= 0.3 is 47.8 Å². The molecule has 0 spiro atoms. The molecule has 0 aliphatic heterocycles. The van der Waals surface area contributed by atoms with Crippen LogP contribution in [0.5, 0.6) is 0 Å². The van der Waals surface area contributed by atoms with E-state index in [1.54, 1.807) is 60.7 Å². The standard InChI is InChI=1S/C56H65Cl8N9O11.C31H47N7O18.CH4/c57-40-7-3-36(44(61)25-40)11-18-67-29-49(75)70(20-12-37-4-8-41(58)26-45(37)62)32-53(79)72(22-14-39-6-10-43(60)28-47(39)64)35-54(80)71(21-13-38-5-9-42(59)27-46(38)63)33-50(76)68(19-2-1-17-65)31-52(78)73(24-16-56(83)84)34-51(77)69(30-48(66)74)23-15-55(81)82;1-33(8-2-26(45)46)15-21(40)35(10-4-28(49)50)17-23(42)37(12-6-30(53)54)19-25(44)38(13-7-31(55)56)18-24(43)36(11-5-29(51)52)16-22(41)34(14-20(32)39)9-3-27(47)48;/h3-10,25-28,67H,1-2,11-24,29-35,65H2,(H2,66,74)(H,81,82)(H,83,84);2-19H2,1H3,(H2,32,39)(H,45,46)(H,47,48)(H,49,50)(H,51,52)(H,53,54)(H,55,56);1H4. The van der Waals surface area contributed by atoms with Crippen molar-refractivity contribution in [1.82, 2.24) is 64.1 Å². The molecule has 0 aromatic heterocycles. The van der Waals surface area contributed by atoms with Crippen LogP contribution in [-0.2, 0) is 126 Å². The number of nitrogens with one attached hydrogen (secondary N) is 1. The van der Waals surface area contributed by atoms with Gasteiger partial charge in [-0.1, -0.05) is 124 Å². The molecule has 0 heterocycles. The van der Waals surface area contributed by atoms with E-state index in [4.69, 9.17) is 125 Å². The highest BCUT2D eigenvalue weighted by Crippen LogP contribution is 2.27. The van der Waals surface area contributed by atoms with Crippen LogP contribution < -0.4 is 22.5 Å². The Balaban J connectivity index is 0.00000103. The van der Waals surface area contributed by atoms with Crippen molar-refractivity contribution < 1.29 is 142 Å². The van der Waals surface area contributed by atoms with Crippen LogP contribution in [0.15, 0.2) is 72.8 Å². The molecule has 141 heavy (non-hydrogen) atoms. The summed E-state index contributed by atoms with van der Waals surface area (Å²) in [5.41, 5.74) is 18.8. The predicted molar refractivity (Wildman–Crippen MR) is 515 cm³/mol. The molecule has 13 amide bonds. The van der Waals surface area contributed by atoms with Gasteiger partial charge in [0.15, 0.2) is 0 Å². The van der Waals surface area contributed by atoms with Crippen LogP contribution in [0.25, 0.3) is 0 Å². The van der Waals surface area contributed by atoms with Crippen LogP contribution in [0.1, 0.15) is 93.9 Å². The number of aliphatic carboxylic acids is 8. The molecule has 4 rings (SSSR count). The Kier molecular flexibility index (Phi) is 58.4. The molecule has 4 aromatic rings. The molecule has 0 radical (unpaired) electrons. The molecule has 0 bridgehead atoms. The molecule has 0 atom stereocenters. The molecular weight excluding hydrogens is 2030 g/mol. The van der Waals surface area contributed by atoms with Crippen LogP contribution in [0.4, 0.5) is 0 Å². The van der Waals surface area contributed by atoms with Gasteiger partial charge in [-0.15, -0.1) is 0 Å². The number of hydrogen-bond donors (Lipinski definition) is 12. The summed E-state index contributed by atoms with van der Waals surface area (Å²) >= 11 is 50.8. The predicted octanol–water partition coefficient (Wildman–Crippen LogP) is 2.95. The van der Waals surface area contributed by atoms with Crippen molar-refractivity contribution in [2.45, 2.75) is 97.3 Å². The van der Waals surface area contributed by atoms with Gasteiger partial charge in [-0.3, -0.25) is 106 Å². The Bertz CT molecular complexity index is 5050. The van der Waals surface area contributed by atoms with E-state index in [0.29, 0.717) is 85.8 Å². The first kappa shape index (κ1) is 125. The lowest BCUT2D eigenvalue weighted by molar-refractivity contribution is -0.150. The summed E-state index contributed by atoms with van der Waals surface area (Å²) in [7, 11) is 1.39. The molecule has 0 saturated carbocycles. The Morgan fingerprint density at radius 2 is 0.461 bits per heavy atom. The first-order valence-corrected chi connectivity index (χ1v) is 46.1. The third-order valence-corrected chi connectivity index (χ3v) is 22.9. The average molecular weight is 2150 g/mol. The fourth-order valence-corrected chi connectivity index (χ4v) is 14.9.